The van der Waals surface area contributed by atoms with Crippen LogP contribution in [-0.2, 0) is 14.4 Å². The van der Waals surface area contributed by atoms with Gasteiger partial charge in [-0.05, 0) is 39.3 Å². The van der Waals surface area contributed by atoms with Crippen molar-refractivity contribution in [3.05, 3.63) is 29.8 Å². The van der Waals surface area contributed by atoms with E-state index in [0.717, 1.165) is 30.5 Å². The molecule has 1 fully saturated rings. The summed E-state index contributed by atoms with van der Waals surface area (Å²) in [5, 5.41) is 0. The molecule has 1 aromatic carbocycles. The Morgan fingerprint density at radius 3 is 2.34 bits per heavy atom. The molecule has 160 valence electrons. The van der Waals surface area contributed by atoms with Gasteiger partial charge in [0.15, 0.2) is 0 Å². The number of nitrogens with zero attached hydrogens (tertiary/aromatic N) is 3. The van der Waals surface area contributed by atoms with Crippen molar-refractivity contribution in [2.45, 2.75) is 72.3 Å². The summed E-state index contributed by atoms with van der Waals surface area (Å²) in [6, 6.07) is 7.64. The summed E-state index contributed by atoms with van der Waals surface area (Å²) in [6.45, 7) is 8.33. The number of anilines is 1. The topological polar surface area (TPSA) is 60.9 Å². The van der Waals surface area contributed by atoms with Gasteiger partial charge < -0.3 is 9.80 Å². The van der Waals surface area contributed by atoms with Crippen LogP contribution >= 0.6 is 0 Å². The fourth-order valence-electron chi connectivity index (χ4n) is 3.49. The maximum atomic E-state index is 12.8. The summed E-state index contributed by atoms with van der Waals surface area (Å²) < 4.78 is 0. The lowest BCUT2D eigenvalue weighted by Gasteiger charge is -2.28. The summed E-state index contributed by atoms with van der Waals surface area (Å²) in [6.07, 6.45) is 5.90. The molecule has 1 aliphatic rings. The average Bonchev–Trinajstić information content (AvgIpc) is 3.07. The van der Waals surface area contributed by atoms with Gasteiger partial charge in [0, 0.05) is 18.2 Å². The highest BCUT2D eigenvalue weighted by Crippen LogP contribution is 2.20. The summed E-state index contributed by atoms with van der Waals surface area (Å²) in [4.78, 5) is 42.6. The number of benzene rings is 1. The average molecular weight is 402 g/mol. The fraction of sp³-hybridized carbons (Fsp3) is 0.609. The minimum atomic E-state index is -0.180. The van der Waals surface area contributed by atoms with E-state index in [1.807, 2.05) is 45.0 Å². The zero-order valence-electron chi connectivity index (χ0n) is 18.3. The van der Waals surface area contributed by atoms with E-state index in [4.69, 9.17) is 0 Å². The van der Waals surface area contributed by atoms with Crippen LogP contribution in [0.15, 0.2) is 24.3 Å². The molecular weight excluding hydrogens is 366 g/mol. The van der Waals surface area contributed by atoms with Gasteiger partial charge in [-0.2, -0.15) is 0 Å². The molecule has 3 amide bonds. The van der Waals surface area contributed by atoms with E-state index < -0.39 is 0 Å². The molecule has 0 saturated carbocycles. The number of hydrogen-bond acceptors (Lipinski definition) is 3. The SMILES string of the molecule is CCCCCCCC(=O)N(CC(=O)N1CC(=O)N(c2ccc(C)cc2)C1)C(C)C. The van der Waals surface area contributed by atoms with Crippen molar-refractivity contribution >= 4 is 23.4 Å². The maximum Gasteiger partial charge on any atom is 0.248 e. The quantitative estimate of drug-likeness (QED) is 0.561. The zero-order chi connectivity index (χ0) is 21.4. The van der Waals surface area contributed by atoms with Gasteiger partial charge in [-0.15, -0.1) is 0 Å². The molecule has 6 nitrogen and oxygen atoms in total. The number of unbranched alkanes of at least 4 members (excludes halogenated alkanes) is 4. The summed E-state index contributed by atoms with van der Waals surface area (Å²) >= 11 is 0. The largest absolute Gasteiger partial charge is 0.331 e. The van der Waals surface area contributed by atoms with Crippen LogP contribution in [0.1, 0.15) is 64.9 Å². The first kappa shape index (κ1) is 22.9. The van der Waals surface area contributed by atoms with E-state index in [0.29, 0.717) is 6.42 Å². The Morgan fingerprint density at radius 1 is 1.07 bits per heavy atom. The van der Waals surface area contributed by atoms with Crippen LogP contribution in [0.5, 0.6) is 0 Å². The van der Waals surface area contributed by atoms with E-state index in [1.165, 1.54) is 17.7 Å². The number of carbonyl (C=O) groups is 3. The Balaban J connectivity index is 1.91. The third-order valence-electron chi connectivity index (χ3n) is 5.38. The van der Waals surface area contributed by atoms with Crippen LogP contribution in [0, 0.1) is 6.92 Å². The second-order valence-corrected chi connectivity index (χ2v) is 8.17. The second kappa shape index (κ2) is 11.0. The molecule has 1 aromatic rings. The van der Waals surface area contributed by atoms with Crippen molar-refractivity contribution in [1.82, 2.24) is 9.80 Å². The molecule has 29 heavy (non-hydrogen) atoms. The van der Waals surface area contributed by atoms with Crippen molar-refractivity contribution in [1.29, 1.82) is 0 Å². The molecule has 1 aliphatic heterocycles. The van der Waals surface area contributed by atoms with E-state index >= 15 is 0 Å². The van der Waals surface area contributed by atoms with E-state index in [9.17, 15) is 14.4 Å². The number of amides is 3. The highest BCUT2D eigenvalue weighted by atomic mass is 16.2. The Bertz CT molecular complexity index is 700. The molecule has 6 heteroatoms. The Kier molecular flexibility index (Phi) is 8.68. The molecule has 0 atom stereocenters. The van der Waals surface area contributed by atoms with Gasteiger partial charge >= 0.3 is 0 Å². The fourth-order valence-corrected chi connectivity index (χ4v) is 3.49. The van der Waals surface area contributed by atoms with E-state index in [1.54, 1.807) is 9.80 Å². The minimum absolute atomic E-state index is 0.0192. The smallest absolute Gasteiger partial charge is 0.248 e. The highest BCUT2D eigenvalue weighted by molar-refractivity contribution is 6.00. The number of carbonyl (C=O) groups excluding carboxylic acids is 3. The molecule has 0 bridgehead atoms. The van der Waals surface area contributed by atoms with Crippen LogP contribution < -0.4 is 4.90 Å². The lowest BCUT2D eigenvalue weighted by atomic mass is 10.1. The molecule has 0 N–H and O–H groups in total. The lowest BCUT2D eigenvalue weighted by Crippen LogP contribution is -2.45. The molecule has 1 heterocycles. The zero-order valence-corrected chi connectivity index (χ0v) is 18.3. The first-order valence-corrected chi connectivity index (χ1v) is 10.8. The number of rotatable bonds is 10. The van der Waals surface area contributed by atoms with Gasteiger partial charge in [0.25, 0.3) is 0 Å². The summed E-state index contributed by atoms with van der Waals surface area (Å²) in [5.74, 6) is -0.257. The Labute approximate surface area is 174 Å². The Hall–Kier alpha value is -2.37. The van der Waals surface area contributed by atoms with Crippen molar-refractivity contribution in [3.8, 4) is 0 Å². The van der Waals surface area contributed by atoms with Crippen molar-refractivity contribution in [2.75, 3.05) is 24.7 Å². The predicted octanol–water partition coefficient (Wildman–Crippen LogP) is 3.73. The maximum absolute atomic E-state index is 12.8. The lowest BCUT2D eigenvalue weighted by molar-refractivity contribution is -0.141. The van der Waals surface area contributed by atoms with Crippen LogP contribution in [-0.4, -0.2) is 53.3 Å². The van der Waals surface area contributed by atoms with Crippen molar-refractivity contribution in [3.63, 3.8) is 0 Å². The Morgan fingerprint density at radius 2 is 1.72 bits per heavy atom. The second-order valence-electron chi connectivity index (χ2n) is 8.17. The van der Waals surface area contributed by atoms with Gasteiger partial charge in [0.05, 0.1) is 0 Å². The van der Waals surface area contributed by atoms with Crippen LogP contribution in [0.25, 0.3) is 0 Å². The summed E-state index contributed by atoms with van der Waals surface area (Å²) in [7, 11) is 0. The first-order chi connectivity index (χ1) is 13.8. The van der Waals surface area contributed by atoms with Crippen LogP contribution in [0.4, 0.5) is 5.69 Å². The van der Waals surface area contributed by atoms with Crippen LogP contribution in [0.2, 0.25) is 0 Å². The number of hydrogen-bond donors (Lipinski definition) is 0. The predicted molar refractivity (Wildman–Crippen MR) is 115 cm³/mol. The van der Waals surface area contributed by atoms with Gasteiger partial charge in [-0.25, -0.2) is 0 Å². The van der Waals surface area contributed by atoms with Crippen molar-refractivity contribution in [2.24, 2.45) is 0 Å². The van der Waals surface area contributed by atoms with Gasteiger partial charge in [0.1, 0.15) is 19.8 Å². The van der Waals surface area contributed by atoms with Crippen LogP contribution in [0.3, 0.4) is 0 Å². The molecule has 0 unspecified atom stereocenters. The molecule has 1 saturated heterocycles. The highest BCUT2D eigenvalue weighted by Gasteiger charge is 2.33. The third-order valence-corrected chi connectivity index (χ3v) is 5.38. The standard InChI is InChI=1S/C23H35N3O3/c1-5-6-7-8-9-10-21(27)25(18(2)3)16-22(28)24-15-23(29)26(17-24)20-13-11-19(4)12-14-20/h11-14,18H,5-10,15-17H2,1-4H3. The molecule has 0 radical (unpaired) electrons. The first-order valence-electron chi connectivity index (χ1n) is 10.8. The molecule has 0 spiro atoms. The van der Waals surface area contributed by atoms with E-state index in [-0.39, 0.29) is 43.5 Å². The van der Waals surface area contributed by atoms with E-state index in [2.05, 4.69) is 6.92 Å². The third kappa shape index (κ3) is 6.58. The molecule has 2 rings (SSSR count). The molecule has 0 aromatic heterocycles. The van der Waals surface area contributed by atoms with Gasteiger partial charge in [0.2, 0.25) is 17.7 Å². The van der Waals surface area contributed by atoms with Crippen molar-refractivity contribution < 1.29 is 14.4 Å². The monoisotopic (exact) mass is 401 g/mol. The number of aryl methyl sites for hydroxylation is 1. The normalized spacial score (nSPS) is 14.0. The minimum Gasteiger partial charge on any atom is -0.331 e. The molecular formula is C23H35N3O3. The molecule has 0 aliphatic carbocycles. The summed E-state index contributed by atoms with van der Waals surface area (Å²) in [5.41, 5.74) is 1.91. The van der Waals surface area contributed by atoms with Gasteiger partial charge in [-0.3, -0.25) is 19.3 Å². The van der Waals surface area contributed by atoms with Gasteiger partial charge in [-0.1, -0.05) is 50.3 Å².